The molecule has 2 N–H and O–H groups in total. The van der Waals surface area contributed by atoms with Crippen LogP contribution >= 0.6 is 23.6 Å². The molecule has 0 spiro atoms. The summed E-state index contributed by atoms with van der Waals surface area (Å²) in [6.45, 7) is 0. The maximum absolute atomic E-state index is 12.3. The maximum atomic E-state index is 12.3. The van der Waals surface area contributed by atoms with Crippen LogP contribution in [0.1, 0.15) is 5.76 Å². The lowest BCUT2D eigenvalue weighted by Gasteiger charge is -2.09. The fraction of sp³-hybridized carbons (Fsp3) is 0. The lowest BCUT2D eigenvalue weighted by atomic mass is 10.2. The minimum atomic E-state index is -0.350. The molecule has 2 heterocycles. The van der Waals surface area contributed by atoms with Gasteiger partial charge in [-0.2, -0.15) is 0 Å². The van der Waals surface area contributed by atoms with Gasteiger partial charge in [0.15, 0.2) is 5.11 Å². The predicted molar refractivity (Wildman–Crippen MR) is 143 cm³/mol. The molecule has 5 aromatic rings. The molecule has 0 atom stereocenters. The number of carbonyl (C=O) groups is 1. The summed E-state index contributed by atoms with van der Waals surface area (Å²) in [5, 5.41) is 6.85. The van der Waals surface area contributed by atoms with Gasteiger partial charge in [-0.1, -0.05) is 54.6 Å². The van der Waals surface area contributed by atoms with Crippen molar-refractivity contribution in [2.24, 2.45) is 0 Å². The van der Waals surface area contributed by atoms with Crippen molar-refractivity contribution in [1.29, 1.82) is 0 Å². The highest BCUT2D eigenvalue weighted by molar-refractivity contribution is 7.80. The molecule has 0 aliphatic carbocycles. The van der Waals surface area contributed by atoms with Crippen LogP contribution in [0.3, 0.4) is 0 Å². The third kappa shape index (κ3) is 5.11. The molecule has 0 saturated heterocycles. The highest BCUT2D eigenvalue weighted by atomic mass is 32.1. The predicted octanol–water partition coefficient (Wildman–Crippen LogP) is 6.75. The van der Waals surface area contributed by atoms with Gasteiger partial charge in [-0.3, -0.25) is 10.1 Å². The van der Waals surface area contributed by atoms with Crippen LogP contribution in [0.2, 0.25) is 0 Å². The second-order valence-corrected chi connectivity index (χ2v) is 8.85. The summed E-state index contributed by atoms with van der Waals surface area (Å²) < 4.78 is 6.91. The lowest BCUT2D eigenvalue weighted by molar-refractivity contribution is -0.115. The van der Waals surface area contributed by atoms with E-state index >= 15 is 0 Å². The van der Waals surface area contributed by atoms with Crippen LogP contribution in [0.5, 0.6) is 0 Å². The van der Waals surface area contributed by atoms with Gasteiger partial charge in [0.1, 0.15) is 16.5 Å². The summed E-state index contributed by atoms with van der Waals surface area (Å²) in [7, 11) is 0. The Morgan fingerprint density at radius 1 is 0.912 bits per heavy atom. The molecular formula is C27H19N3O2S2. The van der Waals surface area contributed by atoms with Crippen molar-refractivity contribution in [2.45, 2.75) is 0 Å². The number of thiocarbonyl (C=S) groups is 1. The average Bonchev–Trinajstić information content (AvgIpc) is 3.51. The SMILES string of the molecule is O=C(/C=C/c1ccc(-c2ccccc2)o1)NC(=S)Nc1cccc(-c2nc3ccccc3s2)c1. The van der Waals surface area contributed by atoms with Gasteiger partial charge in [0, 0.05) is 22.9 Å². The number of para-hydroxylation sites is 1. The van der Waals surface area contributed by atoms with E-state index in [9.17, 15) is 4.79 Å². The number of carbonyl (C=O) groups excluding carboxylic acids is 1. The standard InChI is InChI=1S/C27H19N3O2S2/c31-25(16-14-21-13-15-23(32-21)18-7-2-1-3-8-18)30-27(33)28-20-10-6-9-19(17-20)26-29-22-11-4-5-12-24(22)34-26/h1-17H,(H2,28,30,31,33)/b16-14+. The molecule has 3 aromatic carbocycles. The molecule has 0 saturated carbocycles. The van der Waals surface area contributed by atoms with Crippen LogP contribution in [-0.4, -0.2) is 16.0 Å². The zero-order valence-electron chi connectivity index (χ0n) is 17.9. The van der Waals surface area contributed by atoms with E-state index in [1.54, 1.807) is 17.4 Å². The van der Waals surface area contributed by atoms with E-state index in [1.165, 1.54) is 6.08 Å². The molecule has 0 fully saturated rings. The number of rotatable bonds is 5. The first-order chi connectivity index (χ1) is 16.6. The van der Waals surface area contributed by atoms with Crippen molar-refractivity contribution < 1.29 is 9.21 Å². The monoisotopic (exact) mass is 481 g/mol. The normalized spacial score (nSPS) is 11.1. The largest absolute Gasteiger partial charge is 0.457 e. The molecule has 7 heteroatoms. The third-order valence-electron chi connectivity index (χ3n) is 4.98. The van der Waals surface area contributed by atoms with E-state index in [-0.39, 0.29) is 11.0 Å². The van der Waals surface area contributed by atoms with E-state index in [4.69, 9.17) is 21.6 Å². The van der Waals surface area contributed by atoms with E-state index in [0.717, 1.165) is 37.8 Å². The van der Waals surface area contributed by atoms with Gasteiger partial charge in [-0.05, 0) is 54.7 Å². The third-order valence-corrected chi connectivity index (χ3v) is 6.27. The van der Waals surface area contributed by atoms with Crippen molar-refractivity contribution in [3.8, 4) is 21.9 Å². The Kier molecular flexibility index (Phi) is 6.29. The van der Waals surface area contributed by atoms with Crippen LogP contribution in [-0.2, 0) is 4.79 Å². The Bertz CT molecular complexity index is 1470. The summed E-state index contributed by atoms with van der Waals surface area (Å²) in [6, 6.07) is 29.3. The van der Waals surface area contributed by atoms with E-state index in [1.807, 2.05) is 84.9 Å². The number of furan rings is 1. The van der Waals surface area contributed by atoms with Crippen LogP contribution < -0.4 is 10.6 Å². The number of thiazole rings is 1. The number of benzene rings is 3. The molecule has 0 unspecified atom stereocenters. The summed E-state index contributed by atoms with van der Waals surface area (Å²) in [4.78, 5) is 17.0. The molecular weight excluding hydrogens is 462 g/mol. The summed E-state index contributed by atoms with van der Waals surface area (Å²) in [6.07, 6.45) is 3.00. The van der Waals surface area contributed by atoms with Gasteiger partial charge in [-0.15, -0.1) is 11.3 Å². The van der Waals surface area contributed by atoms with Gasteiger partial charge >= 0.3 is 0 Å². The van der Waals surface area contributed by atoms with Crippen molar-refractivity contribution >= 4 is 56.6 Å². The molecule has 0 radical (unpaired) electrons. The minimum Gasteiger partial charge on any atom is -0.457 e. The Morgan fingerprint density at radius 2 is 1.71 bits per heavy atom. The fourth-order valence-corrected chi connectivity index (χ4v) is 4.58. The second-order valence-electron chi connectivity index (χ2n) is 7.41. The molecule has 0 aliphatic heterocycles. The molecule has 166 valence electrons. The summed E-state index contributed by atoms with van der Waals surface area (Å²) in [5.74, 6) is 0.972. The Labute approximate surface area is 205 Å². The van der Waals surface area contributed by atoms with E-state index in [2.05, 4.69) is 16.7 Å². The Balaban J connectivity index is 1.20. The number of nitrogens with zero attached hydrogens (tertiary/aromatic N) is 1. The molecule has 0 bridgehead atoms. The van der Waals surface area contributed by atoms with E-state index < -0.39 is 0 Å². The second kappa shape index (κ2) is 9.82. The van der Waals surface area contributed by atoms with Crippen molar-refractivity contribution in [3.63, 3.8) is 0 Å². The molecule has 1 amide bonds. The molecule has 5 rings (SSSR count). The fourth-order valence-electron chi connectivity index (χ4n) is 3.40. The molecule has 0 aliphatic rings. The number of anilines is 1. The van der Waals surface area contributed by atoms with E-state index in [0.29, 0.717) is 5.76 Å². The first kappa shape index (κ1) is 21.8. The number of nitrogens with one attached hydrogen (secondary N) is 2. The minimum absolute atomic E-state index is 0.209. The van der Waals surface area contributed by atoms with Crippen LogP contribution in [0.25, 0.3) is 38.2 Å². The topological polar surface area (TPSA) is 67.2 Å². The van der Waals surface area contributed by atoms with Gasteiger partial charge < -0.3 is 9.73 Å². The number of hydrogen-bond donors (Lipinski definition) is 2. The molecule has 34 heavy (non-hydrogen) atoms. The van der Waals surface area contributed by atoms with Gasteiger partial charge in [0.25, 0.3) is 0 Å². The first-order valence-electron chi connectivity index (χ1n) is 10.6. The summed E-state index contributed by atoms with van der Waals surface area (Å²) in [5.41, 5.74) is 3.70. The van der Waals surface area contributed by atoms with Crippen molar-refractivity contribution in [3.05, 3.63) is 103 Å². The van der Waals surface area contributed by atoms with Crippen molar-refractivity contribution in [1.82, 2.24) is 10.3 Å². The molecule has 2 aromatic heterocycles. The average molecular weight is 482 g/mol. The highest BCUT2D eigenvalue weighted by Gasteiger charge is 2.08. The van der Waals surface area contributed by atoms with Crippen LogP contribution in [0, 0.1) is 0 Å². The quantitative estimate of drug-likeness (QED) is 0.215. The number of hydrogen-bond acceptors (Lipinski definition) is 5. The Morgan fingerprint density at radius 3 is 2.56 bits per heavy atom. The molecule has 5 nitrogen and oxygen atoms in total. The van der Waals surface area contributed by atoms with Crippen LogP contribution in [0.4, 0.5) is 5.69 Å². The smallest absolute Gasteiger partial charge is 0.250 e. The van der Waals surface area contributed by atoms with Crippen molar-refractivity contribution in [2.75, 3.05) is 5.32 Å². The van der Waals surface area contributed by atoms with Gasteiger partial charge in [0.2, 0.25) is 5.91 Å². The van der Waals surface area contributed by atoms with Gasteiger partial charge in [-0.25, -0.2) is 4.98 Å². The van der Waals surface area contributed by atoms with Gasteiger partial charge in [0.05, 0.1) is 10.2 Å². The zero-order valence-corrected chi connectivity index (χ0v) is 19.5. The Hall–Kier alpha value is -4.07. The van der Waals surface area contributed by atoms with Crippen LogP contribution in [0.15, 0.2) is 101 Å². The zero-order chi connectivity index (χ0) is 23.3. The number of fused-ring (bicyclic) bond motifs is 1. The highest BCUT2D eigenvalue weighted by Crippen LogP contribution is 2.31. The number of aromatic nitrogens is 1. The summed E-state index contributed by atoms with van der Waals surface area (Å²) >= 11 is 6.94. The first-order valence-corrected chi connectivity index (χ1v) is 11.8. The lowest BCUT2D eigenvalue weighted by Crippen LogP contribution is -2.32. The maximum Gasteiger partial charge on any atom is 0.250 e. The number of amides is 1.